The first-order valence-electron chi connectivity index (χ1n) is 13.3. The monoisotopic (exact) mass is 507 g/mol. The second kappa shape index (κ2) is 15.7. The lowest BCUT2D eigenvalue weighted by atomic mass is 9.92. The summed E-state index contributed by atoms with van der Waals surface area (Å²) in [6.07, 6.45) is 2.82. The van der Waals surface area contributed by atoms with Crippen molar-refractivity contribution in [2.45, 2.75) is 72.3 Å². The van der Waals surface area contributed by atoms with Crippen LogP contribution in [0, 0.1) is 17.8 Å². The number of Topliss-reactive ketones (excluding diaryl/α,β-unsaturated/α-hetero) is 1. The fraction of sp³-hybridized carbons (Fsp3) is 0.484. The second-order valence-electron chi connectivity index (χ2n) is 10.2. The molecule has 0 spiro atoms. The smallest absolute Gasteiger partial charge is 0.308 e. The number of ether oxygens (including phenoxy) is 1. The molecule has 6 heteroatoms. The number of hydrogen-bond donors (Lipinski definition) is 1. The highest BCUT2D eigenvalue weighted by Gasteiger charge is 2.23. The molecule has 37 heavy (non-hydrogen) atoms. The van der Waals surface area contributed by atoms with Gasteiger partial charge in [0.2, 0.25) is 5.91 Å². The number of nitrogens with one attached hydrogen (secondary N) is 1. The summed E-state index contributed by atoms with van der Waals surface area (Å²) < 4.78 is 5.15. The van der Waals surface area contributed by atoms with Gasteiger partial charge in [-0.3, -0.25) is 14.4 Å². The Hall–Kier alpha value is -3.28. The predicted octanol–water partition coefficient (Wildman–Crippen LogP) is 5.57. The maximum atomic E-state index is 12.7. The first kappa shape index (κ1) is 29.9. The Morgan fingerprint density at radius 3 is 2.14 bits per heavy atom. The minimum absolute atomic E-state index is 0.0589. The molecule has 2 rings (SSSR count). The molecule has 0 unspecified atom stereocenters. The summed E-state index contributed by atoms with van der Waals surface area (Å²) >= 11 is 0. The Morgan fingerprint density at radius 2 is 1.54 bits per heavy atom. The summed E-state index contributed by atoms with van der Waals surface area (Å²) in [5.41, 5.74) is 3.28. The van der Waals surface area contributed by atoms with E-state index in [1.165, 1.54) is 0 Å². The Labute approximate surface area is 221 Å². The highest BCUT2D eigenvalue weighted by Crippen LogP contribution is 2.21. The van der Waals surface area contributed by atoms with Gasteiger partial charge in [-0.1, -0.05) is 75.4 Å². The van der Waals surface area contributed by atoms with E-state index in [9.17, 15) is 19.2 Å². The third kappa shape index (κ3) is 11.1. The fourth-order valence-corrected chi connectivity index (χ4v) is 4.49. The molecule has 0 aromatic heterocycles. The molecule has 0 heterocycles. The number of amides is 1. The van der Waals surface area contributed by atoms with Crippen LogP contribution in [0.5, 0.6) is 0 Å². The van der Waals surface area contributed by atoms with E-state index in [1.807, 2.05) is 44.2 Å². The van der Waals surface area contributed by atoms with Crippen molar-refractivity contribution in [2.75, 3.05) is 6.61 Å². The van der Waals surface area contributed by atoms with Crippen molar-refractivity contribution in [1.29, 1.82) is 0 Å². The van der Waals surface area contributed by atoms with E-state index >= 15 is 0 Å². The Morgan fingerprint density at radius 1 is 0.892 bits per heavy atom. The van der Waals surface area contributed by atoms with Gasteiger partial charge in [0.25, 0.3) is 0 Å². The van der Waals surface area contributed by atoms with E-state index in [4.69, 9.17) is 4.74 Å². The molecule has 0 aliphatic heterocycles. The molecule has 0 aliphatic carbocycles. The SMILES string of the molecule is CCOC(=O)[C@H](C)C[C@@H](Cc1ccc(-c2ccccc2)cc1)NC(=O)CCC(=O)C[C@H](C=O)CC(C)C. The van der Waals surface area contributed by atoms with E-state index in [1.54, 1.807) is 13.8 Å². The molecule has 0 saturated carbocycles. The van der Waals surface area contributed by atoms with Crippen molar-refractivity contribution in [3.8, 4) is 11.1 Å². The first-order valence-corrected chi connectivity index (χ1v) is 13.3. The van der Waals surface area contributed by atoms with Crippen molar-refractivity contribution in [1.82, 2.24) is 5.32 Å². The molecular formula is C31H41NO5. The number of ketones is 1. The number of rotatable bonds is 16. The van der Waals surface area contributed by atoms with Crippen molar-refractivity contribution in [3.05, 3.63) is 60.2 Å². The van der Waals surface area contributed by atoms with Crippen molar-refractivity contribution >= 4 is 23.9 Å². The highest BCUT2D eigenvalue weighted by atomic mass is 16.5. The normalized spacial score (nSPS) is 13.4. The lowest BCUT2D eigenvalue weighted by Crippen LogP contribution is -2.39. The maximum absolute atomic E-state index is 12.7. The summed E-state index contributed by atoms with van der Waals surface area (Å²) in [6, 6.07) is 18.0. The quantitative estimate of drug-likeness (QED) is 0.237. The summed E-state index contributed by atoms with van der Waals surface area (Å²) in [4.78, 5) is 48.6. The third-order valence-corrected chi connectivity index (χ3v) is 6.32. The van der Waals surface area contributed by atoms with Gasteiger partial charge in [-0.2, -0.15) is 0 Å². The first-order chi connectivity index (χ1) is 17.7. The molecule has 0 fully saturated rings. The minimum Gasteiger partial charge on any atom is -0.466 e. The van der Waals surface area contributed by atoms with Crippen molar-refractivity contribution in [2.24, 2.45) is 17.8 Å². The molecule has 1 N–H and O–H groups in total. The van der Waals surface area contributed by atoms with E-state index in [2.05, 4.69) is 29.6 Å². The molecule has 0 bridgehead atoms. The zero-order valence-corrected chi connectivity index (χ0v) is 22.6. The molecule has 3 atom stereocenters. The molecule has 1 amide bonds. The van der Waals surface area contributed by atoms with Gasteiger partial charge in [0, 0.05) is 31.2 Å². The van der Waals surface area contributed by atoms with Gasteiger partial charge in [-0.05, 0) is 48.8 Å². The summed E-state index contributed by atoms with van der Waals surface area (Å²) in [5, 5.41) is 3.03. The average molecular weight is 508 g/mol. The number of aldehydes is 1. The summed E-state index contributed by atoms with van der Waals surface area (Å²) in [6.45, 7) is 7.91. The average Bonchev–Trinajstić information content (AvgIpc) is 2.87. The van der Waals surface area contributed by atoms with E-state index in [-0.39, 0.29) is 54.8 Å². The third-order valence-electron chi connectivity index (χ3n) is 6.32. The van der Waals surface area contributed by atoms with Crippen LogP contribution in [0.4, 0.5) is 0 Å². The minimum atomic E-state index is -0.375. The fourth-order valence-electron chi connectivity index (χ4n) is 4.49. The number of carbonyl (C=O) groups excluding carboxylic acids is 4. The molecule has 200 valence electrons. The van der Waals surface area contributed by atoms with Gasteiger partial charge in [0.15, 0.2) is 0 Å². The predicted molar refractivity (Wildman–Crippen MR) is 146 cm³/mol. The van der Waals surface area contributed by atoms with Gasteiger partial charge in [0.05, 0.1) is 12.5 Å². The number of benzene rings is 2. The zero-order valence-electron chi connectivity index (χ0n) is 22.6. The maximum Gasteiger partial charge on any atom is 0.308 e. The molecule has 0 aliphatic rings. The van der Waals surface area contributed by atoms with E-state index in [0.717, 1.165) is 23.0 Å². The lowest BCUT2D eigenvalue weighted by molar-refractivity contribution is -0.148. The number of hydrogen-bond acceptors (Lipinski definition) is 5. The Kier molecular flexibility index (Phi) is 12.7. The van der Waals surface area contributed by atoms with Crippen LogP contribution in [0.2, 0.25) is 0 Å². The number of carbonyl (C=O) groups is 4. The molecule has 0 saturated heterocycles. The Balaban J connectivity index is 2.01. The summed E-state index contributed by atoms with van der Waals surface area (Å²) in [5.74, 6) is -0.952. The van der Waals surface area contributed by atoms with Crippen molar-refractivity contribution in [3.63, 3.8) is 0 Å². The van der Waals surface area contributed by atoms with Crippen LogP contribution in [0.3, 0.4) is 0 Å². The van der Waals surface area contributed by atoms with Gasteiger partial charge in [0.1, 0.15) is 12.1 Å². The standard InChI is InChI=1S/C31H41NO5/c1-5-37-31(36)23(4)18-28(19-24-11-13-27(14-12-24)26-9-7-6-8-10-26)32-30(35)16-15-29(34)20-25(21-33)17-22(2)3/h6-14,21-23,25,28H,5,15-20H2,1-4H3,(H,32,35)/t23-,25-,28+/m1/s1. The van der Waals surface area contributed by atoms with E-state index < -0.39 is 0 Å². The lowest BCUT2D eigenvalue weighted by Gasteiger charge is -2.22. The van der Waals surface area contributed by atoms with Gasteiger partial charge < -0.3 is 14.8 Å². The van der Waals surface area contributed by atoms with Crippen LogP contribution in [0.25, 0.3) is 11.1 Å². The zero-order chi connectivity index (χ0) is 27.2. The van der Waals surface area contributed by atoms with Crippen LogP contribution >= 0.6 is 0 Å². The summed E-state index contributed by atoms with van der Waals surface area (Å²) in [7, 11) is 0. The van der Waals surface area contributed by atoms with Crippen molar-refractivity contribution < 1.29 is 23.9 Å². The Bertz CT molecular complexity index is 1000. The molecular weight excluding hydrogens is 466 g/mol. The topological polar surface area (TPSA) is 89.5 Å². The largest absolute Gasteiger partial charge is 0.466 e. The van der Waals surface area contributed by atoms with Crippen LogP contribution in [0.15, 0.2) is 54.6 Å². The van der Waals surface area contributed by atoms with Crippen LogP contribution in [-0.2, 0) is 30.3 Å². The molecule has 6 nitrogen and oxygen atoms in total. The molecule has 2 aromatic rings. The highest BCUT2D eigenvalue weighted by molar-refractivity contribution is 5.86. The van der Waals surface area contributed by atoms with Crippen LogP contribution < -0.4 is 5.32 Å². The van der Waals surface area contributed by atoms with Crippen LogP contribution in [0.1, 0.15) is 65.4 Å². The second-order valence-corrected chi connectivity index (χ2v) is 10.2. The van der Waals surface area contributed by atoms with E-state index in [0.29, 0.717) is 31.8 Å². The van der Waals surface area contributed by atoms with Gasteiger partial charge >= 0.3 is 5.97 Å². The molecule has 0 radical (unpaired) electrons. The number of esters is 1. The molecule has 2 aromatic carbocycles. The van der Waals surface area contributed by atoms with Gasteiger partial charge in [-0.15, -0.1) is 0 Å². The van der Waals surface area contributed by atoms with Gasteiger partial charge in [-0.25, -0.2) is 0 Å². The van der Waals surface area contributed by atoms with Crippen LogP contribution in [-0.4, -0.2) is 36.6 Å².